The molecule has 0 aliphatic rings. The zero-order valence-electron chi connectivity index (χ0n) is 13.2. The van der Waals surface area contributed by atoms with Crippen LogP contribution in [0.1, 0.15) is 13.8 Å². The first kappa shape index (κ1) is 16.5. The van der Waals surface area contributed by atoms with Crippen molar-refractivity contribution >= 4 is 16.7 Å². The minimum absolute atomic E-state index is 0.285. The molecule has 0 bridgehead atoms. The van der Waals surface area contributed by atoms with Crippen LogP contribution in [0.5, 0.6) is 0 Å². The highest BCUT2D eigenvalue weighted by molar-refractivity contribution is 5.86. The Morgan fingerprint density at radius 3 is 2.35 bits per heavy atom. The first-order valence-electron chi connectivity index (χ1n) is 7.55. The van der Waals surface area contributed by atoms with E-state index < -0.39 is 5.97 Å². The Morgan fingerprint density at radius 1 is 1.00 bits per heavy atom. The van der Waals surface area contributed by atoms with Gasteiger partial charge in [-0.1, -0.05) is 56.3 Å². The lowest BCUT2D eigenvalue weighted by Gasteiger charge is -2.07. The number of carbonyl (C=O) groups is 1. The molecule has 3 rings (SSSR count). The average Bonchev–Trinajstić information content (AvgIpc) is 2.59. The zero-order chi connectivity index (χ0) is 16.8. The zero-order valence-corrected chi connectivity index (χ0v) is 13.2. The highest BCUT2D eigenvalue weighted by Gasteiger charge is 2.07. The van der Waals surface area contributed by atoms with Gasteiger partial charge in [0, 0.05) is 11.6 Å². The van der Waals surface area contributed by atoms with E-state index in [0.717, 1.165) is 16.5 Å². The van der Waals surface area contributed by atoms with Crippen LogP contribution >= 0.6 is 0 Å². The van der Waals surface area contributed by atoms with Crippen molar-refractivity contribution in [3.8, 4) is 11.1 Å². The Bertz CT molecular complexity index is 867. The fourth-order valence-corrected chi connectivity index (χ4v) is 2.36. The number of carboxylic acid groups (broad SMARTS) is 1. The SMILES string of the molecule is CC.O=C(O)Cn1ccc2ccc(-c3ccccc3)cc2c1=O. The van der Waals surface area contributed by atoms with Gasteiger partial charge in [0.05, 0.1) is 0 Å². The van der Waals surface area contributed by atoms with Gasteiger partial charge in [-0.2, -0.15) is 0 Å². The minimum Gasteiger partial charge on any atom is -0.480 e. The first-order valence-corrected chi connectivity index (χ1v) is 7.55. The fourth-order valence-electron chi connectivity index (χ4n) is 2.36. The molecule has 0 spiro atoms. The van der Waals surface area contributed by atoms with Crippen LogP contribution in [0, 0.1) is 0 Å². The van der Waals surface area contributed by atoms with E-state index in [9.17, 15) is 9.59 Å². The summed E-state index contributed by atoms with van der Waals surface area (Å²) in [5.41, 5.74) is 1.67. The smallest absolute Gasteiger partial charge is 0.323 e. The highest BCUT2D eigenvalue weighted by Crippen LogP contribution is 2.22. The molecule has 1 N–H and O–H groups in total. The van der Waals surface area contributed by atoms with Crippen LogP contribution in [0.25, 0.3) is 21.9 Å². The van der Waals surface area contributed by atoms with E-state index in [1.165, 1.54) is 10.8 Å². The summed E-state index contributed by atoms with van der Waals surface area (Å²) < 4.78 is 1.21. The standard InChI is InChI=1S/C17H13NO3.C2H6/c19-16(20)11-18-9-8-13-6-7-14(10-15(13)17(18)21)12-4-2-1-3-5-12;1-2/h1-10H,11H2,(H,19,20);1-2H3. The molecule has 0 aliphatic carbocycles. The van der Waals surface area contributed by atoms with E-state index >= 15 is 0 Å². The number of benzene rings is 2. The van der Waals surface area contributed by atoms with Gasteiger partial charge >= 0.3 is 5.97 Å². The van der Waals surface area contributed by atoms with E-state index in [1.807, 2.05) is 62.4 Å². The van der Waals surface area contributed by atoms with Crippen molar-refractivity contribution < 1.29 is 9.90 Å². The molecular weight excluding hydrogens is 290 g/mol. The summed E-state index contributed by atoms with van der Waals surface area (Å²) >= 11 is 0. The molecule has 2 aromatic carbocycles. The van der Waals surface area contributed by atoms with Crippen molar-refractivity contribution in [1.82, 2.24) is 4.57 Å². The maximum atomic E-state index is 12.3. The summed E-state index contributed by atoms with van der Waals surface area (Å²) in [6.45, 7) is 3.67. The molecule has 0 atom stereocenters. The Morgan fingerprint density at radius 2 is 1.70 bits per heavy atom. The third kappa shape index (κ3) is 3.66. The van der Waals surface area contributed by atoms with Crippen LogP contribution in [0.3, 0.4) is 0 Å². The Hall–Kier alpha value is -2.88. The number of aromatic nitrogens is 1. The molecule has 0 unspecified atom stereocenters. The van der Waals surface area contributed by atoms with Crippen LogP contribution in [-0.2, 0) is 11.3 Å². The molecule has 118 valence electrons. The van der Waals surface area contributed by atoms with Gasteiger partial charge < -0.3 is 9.67 Å². The second-order valence-corrected chi connectivity index (χ2v) is 4.81. The normalized spacial score (nSPS) is 10.0. The molecular formula is C19H19NO3. The molecule has 0 saturated heterocycles. The summed E-state index contributed by atoms with van der Waals surface area (Å²) in [6, 6.07) is 17.2. The monoisotopic (exact) mass is 309 g/mol. The predicted molar refractivity (Wildman–Crippen MR) is 92.6 cm³/mol. The highest BCUT2D eigenvalue weighted by atomic mass is 16.4. The number of nitrogens with zero attached hydrogens (tertiary/aromatic N) is 1. The summed E-state index contributed by atoms with van der Waals surface area (Å²) in [7, 11) is 0. The van der Waals surface area contributed by atoms with Crippen molar-refractivity contribution in [1.29, 1.82) is 0 Å². The molecule has 3 aromatic rings. The van der Waals surface area contributed by atoms with Gasteiger partial charge in [-0.15, -0.1) is 0 Å². The van der Waals surface area contributed by atoms with Crippen LogP contribution < -0.4 is 5.56 Å². The summed E-state index contributed by atoms with van der Waals surface area (Å²) in [5, 5.41) is 10.2. The summed E-state index contributed by atoms with van der Waals surface area (Å²) in [6.07, 6.45) is 1.51. The molecule has 0 saturated carbocycles. The van der Waals surface area contributed by atoms with Crippen LogP contribution in [0.15, 0.2) is 65.6 Å². The van der Waals surface area contributed by atoms with Crippen molar-refractivity contribution in [2.45, 2.75) is 20.4 Å². The maximum Gasteiger partial charge on any atom is 0.323 e. The molecule has 23 heavy (non-hydrogen) atoms. The van der Waals surface area contributed by atoms with Crippen LogP contribution in [0.2, 0.25) is 0 Å². The minimum atomic E-state index is -1.03. The third-order valence-corrected chi connectivity index (χ3v) is 3.39. The lowest BCUT2D eigenvalue weighted by Crippen LogP contribution is -2.23. The van der Waals surface area contributed by atoms with Gasteiger partial charge in [0.1, 0.15) is 6.54 Å². The van der Waals surface area contributed by atoms with Gasteiger partial charge in [0.15, 0.2) is 0 Å². The number of carboxylic acids is 1. The van der Waals surface area contributed by atoms with Crippen LogP contribution in [0.4, 0.5) is 0 Å². The Labute approximate surface area is 134 Å². The Balaban J connectivity index is 0.000000924. The molecule has 1 heterocycles. The maximum absolute atomic E-state index is 12.3. The molecule has 0 fully saturated rings. The number of fused-ring (bicyclic) bond motifs is 1. The van der Waals surface area contributed by atoms with E-state index in [-0.39, 0.29) is 12.1 Å². The number of pyridine rings is 1. The number of hydrogen-bond donors (Lipinski definition) is 1. The van der Waals surface area contributed by atoms with E-state index in [0.29, 0.717) is 5.39 Å². The van der Waals surface area contributed by atoms with E-state index in [4.69, 9.17) is 5.11 Å². The van der Waals surface area contributed by atoms with E-state index in [1.54, 1.807) is 6.07 Å². The quantitative estimate of drug-likeness (QED) is 0.801. The summed E-state index contributed by atoms with van der Waals surface area (Å²) in [4.78, 5) is 23.1. The van der Waals surface area contributed by atoms with Gasteiger partial charge in [0.25, 0.3) is 5.56 Å². The Kier molecular flexibility index (Phi) is 5.31. The summed E-state index contributed by atoms with van der Waals surface area (Å²) in [5.74, 6) is -1.03. The molecule has 0 amide bonds. The van der Waals surface area contributed by atoms with Crippen molar-refractivity contribution in [3.63, 3.8) is 0 Å². The van der Waals surface area contributed by atoms with Crippen LogP contribution in [-0.4, -0.2) is 15.6 Å². The third-order valence-electron chi connectivity index (χ3n) is 3.39. The van der Waals surface area contributed by atoms with Gasteiger partial charge in [0.2, 0.25) is 0 Å². The lowest BCUT2D eigenvalue weighted by atomic mass is 10.0. The number of rotatable bonds is 3. The van der Waals surface area contributed by atoms with Crippen molar-refractivity contribution in [3.05, 3.63) is 71.1 Å². The van der Waals surface area contributed by atoms with E-state index in [2.05, 4.69) is 0 Å². The van der Waals surface area contributed by atoms with Gasteiger partial charge in [-0.25, -0.2) is 0 Å². The first-order chi connectivity index (χ1) is 11.1. The van der Waals surface area contributed by atoms with Gasteiger partial charge in [-0.05, 0) is 28.6 Å². The molecule has 4 nitrogen and oxygen atoms in total. The van der Waals surface area contributed by atoms with Gasteiger partial charge in [-0.3, -0.25) is 9.59 Å². The van der Waals surface area contributed by atoms with Crippen molar-refractivity contribution in [2.24, 2.45) is 0 Å². The average molecular weight is 309 g/mol. The number of aliphatic carboxylic acids is 1. The molecule has 1 aromatic heterocycles. The number of hydrogen-bond acceptors (Lipinski definition) is 2. The lowest BCUT2D eigenvalue weighted by molar-refractivity contribution is -0.137. The fraction of sp³-hybridized carbons (Fsp3) is 0.158. The largest absolute Gasteiger partial charge is 0.480 e. The topological polar surface area (TPSA) is 59.3 Å². The predicted octanol–water partition coefficient (Wildman–Crippen LogP) is 3.78. The molecule has 0 radical (unpaired) electrons. The molecule has 0 aliphatic heterocycles. The van der Waals surface area contributed by atoms with Crippen molar-refractivity contribution in [2.75, 3.05) is 0 Å². The second-order valence-electron chi connectivity index (χ2n) is 4.81. The second kappa shape index (κ2) is 7.40. The molecule has 4 heteroatoms.